The normalized spacial score (nSPS) is 10.1. The van der Waals surface area contributed by atoms with Crippen molar-refractivity contribution in [2.45, 2.75) is 6.61 Å². The summed E-state index contributed by atoms with van der Waals surface area (Å²) in [5, 5.41) is 3.01. The summed E-state index contributed by atoms with van der Waals surface area (Å²) in [6, 6.07) is 3.89. The van der Waals surface area contributed by atoms with E-state index in [0.717, 1.165) is 11.4 Å². The van der Waals surface area contributed by atoms with E-state index in [9.17, 15) is 0 Å². The molecule has 1 aromatic heterocycles. The van der Waals surface area contributed by atoms with Gasteiger partial charge in [-0.05, 0) is 6.07 Å². The predicted octanol–water partition coefficient (Wildman–Crippen LogP) is 1.29. The highest BCUT2D eigenvalue weighted by molar-refractivity contribution is 5.42. The molecule has 0 atom stereocenters. The Morgan fingerprint density at radius 1 is 1.43 bits per heavy atom. The minimum atomic E-state index is 0.563. The Bertz CT molecular complexity index is 266. The Morgan fingerprint density at radius 3 is 3.00 bits per heavy atom. The lowest BCUT2D eigenvalue weighted by molar-refractivity contribution is 0.0618. The first kappa shape index (κ1) is 10.9. The van der Waals surface area contributed by atoms with Crippen LogP contribution in [0.2, 0.25) is 0 Å². The first-order chi connectivity index (χ1) is 6.88. The van der Waals surface area contributed by atoms with E-state index in [1.54, 1.807) is 13.3 Å². The number of hydrogen-bond donors (Lipinski definition) is 1. The highest BCUT2D eigenvalue weighted by Gasteiger charge is 2.00. The van der Waals surface area contributed by atoms with Gasteiger partial charge in [0.15, 0.2) is 0 Å². The topological polar surface area (TPSA) is 43.4 Å². The van der Waals surface area contributed by atoms with Crippen LogP contribution in [0.3, 0.4) is 0 Å². The van der Waals surface area contributed by atoms with E-state index in [1.165, 1.54) is 0 Å². The van der Waals surface area contributed by atoms with Gasteiger partial charge in [-0.25, -0.2) is 4.98 Å². The molecular weight excluding hydrogens is 180 g/mol. The average Bonchev–Trinajstić information content (AvgIpc) is 2.25. The maximum Gasteiger partial charge on any atom is 0.131 e. The molecule has 0 spiro atoms. The molecule has 1 rings (SSSR count). The van der Waals surface area contributed by atoms with Crippen molar-refractivity contribution in [3.05, 3.63) is 23.9 Å². The van der Waals surface area contributed by atoms with Crippen molar-refractivity contribution in [3.63, 3.8) is 0 Å². The molecule has 4 nitrogen and oxygen atoms in total. The fraction of sp³-hybridized carbons (Fsp3) is 0.500. The van der Waals surface area contributed by atoms with E-state index in [0.29, 0.717) is 19.8 Å². The van der Waals surface area contributed by atoms with Crippen LogP contribution in [-0.2, 0) is 16.1 Å². The number of aromatic nitrogens is 1. The molecule has 14 heavy (non-hydrogen) atoms. The van der Waals surface area contributed by atoms with E-state index < -0.39 is 0 Å². The highest BCUT2D eigenvalue weighted by Crippen LogP contribution is 2.11. The Hall–Kier alpha value is -1.13. The fourth-order valence-electron chi connectivity index (χ4n) is 1.10. The summed E-state index contributed by atoms with van der Waals surface area (Å²) in [6.45, 7) is 1.79. The monoisotopic (exact) mass is 196 g/mol. The largest absolute Gasteiger partial charge is 0.382 e. The second-order valence-corrected chi connectivity index (χ2v) is 2.81. The molecule has 0 saturated heterocycles. The molecule has 0 amide bonds. The SMILES string of the molecule is CNc1ncccc1COCCOC. The molecule has 0 unspecified atom stereocenters. The van der Waals surface area contributed by atoms with Crippen molar-refractivity contribution in [2.24, 2.45) is 0 Å². The summed E-state index contributed by atoms with van der Waals surface area (Å²) in [7, 11) is 3.51. The van der Waals surface area contributed by atoms with Crippen LogP contribution in [0.15, 0.2) is 18.3 Å². The maximum atomic E-state index is 5.40. The zero-order valence-electron chi connectivity index (χ0n) is 8.62. The van der Waals surface area contributed by atoms with Gasteiger partial charge in [0.1, 0.15) is 5.82 Å². The van der Waals surface area contributed by atoms with E-state index in [-0.39, 0.29) is 0 Å². The maximum absolute atomic E-state index is 5.40. The molecule has 0 aliphatic rings. The second-order valence-electron chi connectivity index (χ2n) is 2.81. The zero-order valence-corrected chi connectivity index (χ0v) is 8.62. The van der Waals surface area contributed by atoms with E-state index >= 15 is 0 Å². The first-order valence-electron chi connectivity index (χ1n) is 4.56. The van der Waals surface area contributed by atoms with Crippen LogP contribution in [0.25, 0.3) is 0 Å². The molecule has 1 N–H and O–H groups in total. The van der Waals surface area contributed by atoms with Gasteiger partial charge in [0, 0.05) is 25.9 Å². The van der Waals surface area contributed by atoms with Gasteiger partial charge in [-0.3, -0.25) is 0 Å². The standard InChI is InChI=1S/C10H16N2O2/c1-11-10-9(4-3-5-12-10)8-14-7-6-13-2/h3-5H,6-8H2,1-2H3,(H,11,12). The molecule has 0 fully saturated rings. The smallest absolute Gasteiger partial charge is 0.131 e. The number of ether oxygens (including phenoxy) is 2. The third kappa shape index (κ3) is 3.32. The molecular formula is C10H16N2O2. The van der Waals surface area contributed by atoms with E-state index in [4.69, 9.17) is 9.47 Å². The van der Waals surface area contributed by atoms with Crippen LogP contribution < -0.4 is 5.32 Å². The lowest BCUT2D eigenvalue weighted by Gasteiger charge is -2.07. The van der Waals surface area contributed by atoms with Gasteiger partial charge in [-0.1, -0.05) is 6.07 Å². The summed E-state index contributed by atoms with van der Waals surface area (Å²) >= 11 is 0. The van der Waals surface area contributed by atoms with Crippen molar-refractivity contribution in [2.75, 3.05) is 32.7 Å². The van der Waals surface area contributed by atoms with E-state index in [1.807, 2.05) is 19.2 Å². The van der Waals surface area contributed by atoms with Crippen LogP contribution in [0.5, 0.6) is 0 Å². The number of anilines is 1. The Morgan fingerprint density at radius 2 is 2.29 bits per heavy atom. The predicted molar refractivity (Wildman–Crippen MR) is 55.3 cm³/mol. The van der Waals surface area contributed by atoms with Gasteiger partial charge in [-0.2, -0.15) is 0 Å². The van der Waals surface area contributed by atoms with Crippen LogP contribution in [0, 0.1) is 0 Å². The first-order valence-corrected chi connectivity index (χ1v) is 4.56. The van der Waals surface area contributed by atoms with Crippen LogP contribution in [0.1, 0.15) is 5.56 Å². The zero-order chi connectivity index (χ0) is 10.2. The van der Waals surface area contributed by atoms with Gasteiger partial charge in [0.05, 0.1) is 19.8 Å². The summed E-state index contributed by atoms with van der Waals surface area (Å²) in [5.74, 6) is 0.866. The lowest BCUT2D eigenvalue weighted by Crippen LogP contribution is -2.04. The third-order valence-corrected chi connectivity index (χ3v) is 1.82. The number of methoxy groups -OCH3 is 1. The molecule has 0 aromatic carbocycles. The van der Waals surface area contributed by atoms with Gasteiger partial charge in [0.2, 0.25) is 0 Å². The number of nitrogens with one attached hydrogen (secondary N) is 1. The minimum Gasteiger partial charge on any atom is -0.382 e. The molecule has 0 aliphatic heterocycles. The number of pyridine rings is 1. The van der Waals surface area contributed by atoms with Crippen molar-refractivity contribution in [3.8, 4) is 0 Å². The lowest BCUT2D eigenvalue weighted by atomic mass is 10.3. The third-order valence-electron chi connectivity index (χ3n) is 1.82. The molecule has 78 valence electrons. The molecule has 0 saturated carbocycles. The Balaban J connectivity index is 2.41. The molecule has 1 aromatic rings. The Kier molecular flexibility index (Phi) is 4.96. The second kappa shape index (κ2) is 6.34. The van der Waals surface area contributed by atoms with Crippen LogP contribution >= 0.6 is 0 Å². The van der Waals surface area contributed by atoms with Gasteiger partial charge in [-0.15, -0.1) is 0 Å². The molecule has 0 bridgehead atoms. The molecule has 0 aliphatic carbocycles. The molecule has 4 heteroatoms. The van der Waals surface area contributed by atoms with Crippen molar-refractivity contribution >= 4 is 5.82 Å². The number of hydrogen-bond acceptors (Lipinski definition) is 4. The molecule has 1 heterocycles. The van der Waals surface area contributed by atoms with Crippen LogP contribution in [-0.4, -0.2) is 32.4 Å². The van der Waals surface area contributed by atoms with E-state index in [2.05, 4.69) is 10.3 Å². The fourth-order valence-corrected chi connectivity index (χ4v) is 1.10. The van der Waals surface area contributed by atoms with Gasteiger partial charge in [0.25, 0.3) is 0 Å². The summed E-state index contributed by atoms with van der Waals surface area (Å²) in [4.78, 5) is 4.17. The van der Waals surface area contributed by atoms with Gasteiger partial charge >= 0.3 is 0 Å². The highest BCUT2D eigenvalue weighted by atomic mass is 16.5. The van der Waals surface area contributed by atoms with Crippen LogP contribution in [0.4, 0.5) is 5.82 Å². The van der Waals surface area contributed by atoms with Crippen molar-refractivity contribution < 1.29 is 9.47 Å². The number of nitrogens with zero attached hydrogens (tertiary/aromatic N) is 1. The minimum absolute atomic E-state index is 0.563. The van der Waals surface area contributed by atoms with Crippen molar-refractivity contribution in [1.82, 2.24) is 4.98 Å². The number of rotatable bonds is 6. The van der Waals surface area contributed by atoms with Gasteiger partial charge < -0.3 is 14.8 Å². The summed E-state index contributed by atoms with van der Waals surface area (Å²) in [5.41, 5.74) is 1.06. The average molecular weight is 196 g/mol. The van der Waals surface area contributed by atoms with Crippen molar-refractivity contribution in [1.29, 1.82) is 0 Å². The molecule has 0 radical (unpaired) electrons. The summed E-state index contributed by atoms with van der Waals surface area (Å²) in [6.07, 6.45) is 1.75. The quantitative estimate of drug-likeness (QED) is 0.696. The Labute approximate surface area is 84.3 Å². The summed E-state index contributed by atoms with van der Waals surface area (Å²) < 4.78 is 10.3.